The molecule has 2 aromatic carbocycles. The molecule has 1 saturated carbocycles. The number of nitrogens with two attached hydrogens (primary N) is 1. The minimum atomic E-state index is -3.67. The predicted molar refractivity (Wildman–Crippen MR) is 114 cm³/mol. The Morgan fingerprint density at radius 2 is 1.27 bits per heavy atom. The van der Waals surface area contributed by atoms with E-state index in [-0.39, 0.29) is 10.3 Å². The molecule has 0 bridgehead atoms. The van der Waals surface area contributed by atoms with Crippen molar-refractivity contribution in [2.75, 3.05) is 0 Å². The van der Waals surface area contributed by atoms with Gasteiger partial charge in [-0.3, -0.25) is 0 Å². The number of rotatable bonds is 3. The van der Waals surface area contributed by atoms with Crippen molar-refractivity contribution >= 4 is 43.8 Å². The van der Waals surface area contributed by atoms with Crippen LogP contribution in [0.25, 0.3) is 11.1 Å². The summed E-state index contributed by atoms with van der Waals surface area (Å²) in [7, 11) is -3.67. The van der Waals surface area contributed by atoms with E-state index < -0.39 is 10.0 Å². The highest BCUT2D eigenvalue weighted by molar-refractivity contribution is 14.1. The molecule has 1 spiro atoms. The van der Waals surface area contributed by atoms with Gasteiger partial charge < -0.3 is 0 Å². The summed E-state index contributed by atoms with van der Waals surface area (Å²) in [6.45, 7) is 0. The summed E-state index contributed by atoms with van der Waals surface area (Å²) in [5.74, 6) is 0. The third kappa shape index (κ3) is 3.40. The van der Waals surface area contributed by atoms with Gasteiger partial charge in [0.2, 0.25) is 10.0 Å². The molecule has 2 N–H and O–H groups in total. The van der Waals surface area contributed by atoms with Gasteiger partial charge in [0.25, 0.3) is 0 Å². The lowest BCUT2D eigenvalue weighted by molar-refractivity contribution is 0.523. The number of sulfonamides is 1. The molecule has 4 rings (SSSR count). The lowest BCUT2D eigenvalue weighted by Gasteiger charge is -2.16. The van der Waals surface area contributed by atoms with E-state index in [1.54, 1.807) is 12.1 Å². The zero-order chi connectivity index (χ0) is 18.4. The molecule has 3 nitrogen and oxygen atoms in total. The van der Waals surface area contributed by atoms with Crippen molar-refractivity contribution in [3.8, 4) is 0 Å². The zero-order valence-electron chi connectivity index (χ0n) is 14.3. The summed E-state index contributed by atoms with van der Waals surface area (Å²) in [5, 5.41) is 5.23. The van der Waals surface area contributed by atoms with E-state index in [9.17, 15) is 8.42 Å². The average Bonchev–Trinajstić information content (AvgIpc) is 3.22. The SMILES string of the molecule is NS(=O)(=O)c1ccc(C2=CC3(C=C2c2ccc(I)cc2)CCCC3)cc1. The van der Waals surface area contributed by atoms with Gasteiger partial charge in [-0.25, -0.2) is 13.6 Å². The Hall–Kier alpha value is -1.44. The second-order valence-electron chi connectivity index (χ2n) is 7.13. The number of hydrogen-bond acceptors (Lipinski definition) is 2. The van der Waals surface area contributed by atoms with Crippen molar-refractivity contribution in [2.24, 2.45) is 10.6 Å². The van der Waals surface area contributed by atoms with Crippen LogP contribution in [0.5, 0.6) is 0 Å². The lowest BCUT2D eigenvalue weighted by atomic mass is 9.88. The van der Waals surface area contributed by atoms with Crippen LogP contribution in [-0.4, -0.2) is 8.42 Å². The van der Waals surface area contributed by atoms with Gasteiger partial charge in [-0.15, -0.1) is 0 Å². The van der Waals surface area contributed by atoms with Gasteiger partial charge in [0.1, 0.15) is 0 Å². The number of allylic oxidation sites excluding steroid dienone is 4. The monoisotopic (exact) mass is 477 g/mol. The molecule has 0 saturated heterocycles. The second-order valence-corrected chi connectivity index (χ2v) is 9.94. The van der Waals surface area contributed by atoms with Gasteiger partial charge in [0.05, 0.1) is 4.90 Å². The molecule has 0 unspecified atom stereocenters. The molecular formula is C21H20INO2S. The molecule has 2 aromatic rings. The molecule has 0 amide bonds. The van der Waals surface area contributed by atoms with Crippen molar-refractivity contribution in [1.82, 2.24) is 0 Å². The maximum atomic E-state index is 11.5. The molecule has 26 heavy (non-hydrogen) atoms. The fraction of sp³-hybridized carbons (Fsp3) is 0.238. The predicted octanol–water partition coefficient (Wildman–Crippen LogP) is 4.98. The Morgan fingerprint density at radius 3 is 1.73 bits per heavy atom. The largest absolute Gasteiger partial charge is 0.238 e. The number of benzene rings is 2. The molecule has 2 aliphatic carbocycles. The lowest BCUT2D eigenvalue weighted by Crippen LogP contribution is -2.11. The van der Waals surface area contributed by atoms with E-state index in [0.717, 1.165) is 5.56 Å². The maximum Gasteiger partial charge on any atom is 0.238 e. The minimum absolute atomic E-state index is 0.145. The highest BCUT2D eigenvalue weighted by Crippen LogP contribution is 2.51. The Bertz CT molecular complexity index is 997. The van der Waals surface area contributed by atoms with Crippen molar-refractivity contribution in [3.05, 3.63) is 75.4 Å². The van der Waals surface area contributed by atoms with Crippen LogP contribution in [0.4, 0.5) is 0 Å². The molecule has 0 aliphatic heterocycles. The normalized spacial score (nSPS) is 18.8. The van der Waals surface area contributed by atoms with E-state index in [1.165, 1.54) is 46.0 Å². The van der Waals surface area contributed by atoms with Gasteiger partial charge in [-0.2, -0.15) is 0 Å². The molecule has 0 aromatic heterocycles. The third-order valence-electron chi connectivity index (χ3n) is 5.34. The van der Waals surface area contributed by atoms with Gasteiger partial charge in [0.15, 0.2) is 0 Å². The average molecular weight is 477 g/mol. The standard InChI is InChI=1S/C21H20INO2S/c22-17-7-3-15(4-8-17)19-13-21(11-1-2-12-21)14-20(19)16-5-9-18(10-6-16)26(23,24)25/h3-10,13-14H,1-2,11-12H2,(H2,23,24,25). The quantitative estimate of drug-likeness (QED) is 0.634. The van der Waals surface area contributed by atoms with Crippen LogP contribution in [0, 0.1) is 8.99 Å². The first-order valence-corrected chi connectivity index (χ1v) is 11.3. The summed E-state index contributed by atoms with van der Waals surface area (Å²) in [6.07, 6.45) is 9.68. The summed E-state index contributed by atoms with van der Waals surface area (Å²) < 4.78 is 24.3. The first-order valence-electron chi connectivity index (χ1n) is 8.72. The Morgan fingerprint density at radius 1 is 0.808 bits per heavy atom. The van der Waals surface area contributed by atoms with E-state index in [4.69, 9.17) is 5.14 Å². The molecule has 0 radical (unpaired) electrons. The van der Waals surface area contributed by atoms with Crippen molar-refractivity contribution < 1.29 is 8.42 Å². The zero-order valence-corrected chi connectivity index (χ0v) is 17.3. The fourth-order valence-corrected chi connectivity index (χ4v) is 4.90. The molecule has 0 heterocycles. The highest BCUT2D eigenvalue weighted by atomic mass is 127. The molecule has 134 valence electrons. The minimum Gasteiger partial charge on any atom is -0.225 e. The molecule has 0 atom stereocenters. The Kier molecular flexibility index (Phi) is 4.57. The second kappa shape index (κ2) is 6.62. The smallest absolute Gasteiger partial charge is 0.225 e. The molecule has 1 fully saturated rings. The van der Waals surface area contributed by atoms with Crippen LogP contribution in [0.2, 0.25) is 0 Å². The van der Waals surface area contributed by atoms with Crippen LogP contribution in [0.15, 0.2) is 65.6 Å². The van der Waals surface area contributed by atoms with E-state index >= 15 is 0 Å². The number of halogens is 1. The van der Waals surface area contributed by atoms with Crippen molar-refractivity contribution in [1.29, 1.82) is 0 Å². The van der Waals surface area contributed by atoms with Gasteiger partial charge in [0, 0.05) is 8.99 Å². The van der Waals surface area contributed by atoms with Crippen LogP contribution >= 0.6 is 22.6 Å². The fourth-order valence-electron chi connectivity index (χ4n) is 4.03. The van der Waals surface area contributed by atoms with Crippen LogP contribution in [-0.2, 0) is 10.0 Å². The molecular weight excluding hydrogens is 457 g/mol. The van der Waals surface area contributed by atoms with Crippen LogP contribution < -0.4 is 5.14 Å². The molecule has 2 aliphatic rings. The summed E-state index contributed by atoms with van der Waals surface area (Å²) >= 11 is 2.32. The van der Waals surface area contributed by atoms with E-state index in [2.05, 4.69) is 59.0 Å². The Labute approximate surface area is 168 Å². The number of hydrogen-bond donors (Lipinski definition) is 1. The van der Waals surface area contributed by atoms with Crippen molar-refractivity contribution in [2.45, 2.75) is 30.6 Å². The van der Waals surface area contributed by atoms with Gasteiger partial charge >= 0.3 is 0 Å². The van der Waals surface area contributed by atoms with Gasteiger partial charge in [-0.1, -0.05) is 49.3 Å². The third-order valence-corrected chi connectivity index (χ3v) is 6.99. The Balaban J connectivity index is 1.79. The maximum absolute atomic E-state index is 11.5. The summed E-state index contributed by atoms with van der Waals surface area (Å²) in [4.78, 5) is 0.148. The van der Waals surface area contributed by atoms with Gasteiger partial charge in [-0.05, 0) is 82.0 Å². The van der Waals surface area contributed by atoms with Crippen LogP contribution in [0.1, 0.15) is 36.8 Å². The van der Waals surface area contributed by atoms with Crippen molar-refractivity contribution in [3.63, 3.8) is 0 Å². The summed E-state index contributed by atoms with van der Waals surface area (Å²) in [5.41, 5.74) is 4.81. The first-order chi connectivity index (χ1) is 12.4. The first kappa shape index (κ1) is 17.9. The number of primary sulfonamides is 1. The van der Waals surface area contributed by atoms with E-state index in [1.807, 2.05) is 12.1 Å². The summed E-state index contributed by atoms with van der Waals surface area (Å²) in [6, 6.07) is 15.5. The van der Waals surface area contributed by atoms with E-state index in [0.29, 0.717) is 0 Å². The van der Waals surface area contributed by atoms with Crippen LogP contribution in [0.3, 0.4) is 0 Å². The highest BCUT2D eigenvalue weighted by Gasteiger charge is 2.35. The molecule has 5 heteroatoms. The topological polar surface area (TPSA) is 60.2 Å².